The molecule has 1 aromatic rings. The van der Waals surface area contributed by atoms with Crippen LogP contribution in [-0.4, -0.2) is 17.2 Å². The Balaban J connectivity index is 2.31. The van der Waals surface area contributed by atoms with Gasteiger partial charge in [0, 0.05) is 15.8 Å². The normalized spacial score (nSPS) is 11.3. The highest BCUT2D eigenvalue weighted by atomic mass is 79.9. The third-order valence-corrected chi connectivity index (χ3v) is 3.40. The second-order valence-corrected chi connectivity index (χ2v) is 6.82. The molecule has 0 aliphatic rings. The summed E-state index contributed by atoms with van der Waals surface area (Å²) in [6, 6.07) is 8.16. The Morgan fingerprint density at radius 1 is 1.41 bits per heavy atom. The summed E-state index contributed by atoms with van der Waals surface area (Å²) >= 11 is 5.07. The first-order valence-electron chi connectivity index (χ1n) is 5.50. The zero-order valence-corrected chi connectivity index (χ0v) is 12.8. The molecule has 1 rings (SSSR count). The Labute approximate surface area is 116 Å². The first-order chi connectivity index (χ1) is 7.87. The molecule has 4 heteroatoms. The van der Waals surface area contributed by atoms with Crippen LogP contribution in [0.4, 0.5) is 0 Å². The number of benzene rings is 1. The predicted octanol–water partition coefficient (Wildman–Crippen LogP) is 3.60. The molecule has 2 nitrogen and oxygen atoms in total. The van der Waals surface area contributed by atoms with E-state index in [1.807, 2.05) is 32.9 Å². The number of nitrogens with one attached hydrogen (secondary N) is 1. The lowest BCUT2D eigenvalue weighted by Gasteiger charge is -2.20. The summed E-state index contributed by atoms with van der Waals surface area (Å²) in [5.41, 5.74) is 1.08. The fourth-order valence-electron chi connectivity index (χ4n) is 1.34. The van der Waals surface area contributed by atoms with Crippen molar-refractivity contribution >= 4 is 33.6 Å². The van der Waals surface area contributed by atoms with E-state index in [1.165, 1.54) is 5.56 Å². The van der Waals surface area contributed by atoms with Gasteiger partial charge in [-0.05, 0) is 38.5 Å². The van der Waals surface area contributed by atoms with E-state index in [4.69, 9.17) is 0 Å². The molecule has 1 N–H and O–H groups in total. The Morgan fingerprint density at radius 3 is 2.71 bits per heavy atom. The van der Waals surface area contributed by atoms with E-state index in [-0.39, 0.29) is 11.4 Å². The molecule has 0 heterocycles. The van der Waals surface area contributed by atoms with Crippen molar-refractivity contribution in [2.75, 3.05) is 5.75 Å². The van der Waals surface area contributed by atoms with Gasteiger partial charge in [0.05, 0.1) is 5.75 Å². The topological polar surface area (TPSA) is 29.1 Å². The molecule has 0 fully saturated rings. The third kappa shape index (κ3) is 6.74. The SMILES string of the molecule is CC(C)(C)NC(=O)CSCc1cccc(Br)c1. The Morgan fingerprint density at radius 2 is 2.12 bits per heavy atom. The van der Waals surface area contributed by atoms with E-state index < -0.39 is 0 Å². The summed E-state index contributed by atoms with van der Waals surface area (Å²) in [5, 5.41) is 2.95. The first-order valence-corrected chi connectivity index (χ1v) is 7.45. The highest BCUT2D eigenvalue weighted by Gasteiger charge is 2.13. The summed E-state index contributed by atoms with van der Waals surface area (Å²) in [4.78, 5) is 11.6. The van der Waals surface area contributed by atoms with Crippen LogP contribution in [0.5, 0.6) is 0 Å². The number of halogens is 1. The van der Waals surface area contributed by atoms with Gasteiger partial charge in [0.15, 0.2) is 0 Å². The fraction of sp³-hybridized carbons (Fsp3) is 0.462. The molecular formula is C13H18BrNOS. The minimum atomic E-state index is -0.145. The summed E-state index contributed by atoms with van der Waals surface area (Å²) in [6.45, 7) is 5.97. The molecule has 0 aliphatic heterocycles. The van der Waals surface area contributed by atoms with Gasteiger partial charge in [-0.2, -0.15) is 0 Å². The molecule has 0 spiro atoms. The van der Waals surface area contributed by atoms with Gasteiger partial charge in [-0.25, -0.2) is 0 Å². The quantitative estimate of drug-likeness (QED) is 0.919. The number of hydrogen-bond acceptors (Lipinski definition) is 2. The second-order valence-electron chi connectivity index (χ2n) is 4.92. The van der Waals surface area contributed by atoms with E-state index in [1.54, 1.807) is 11.8 Å². The van der Waals surface area contributed by atoms with Crippen LogP contribution in [0, 0.1) is 0 Å². The molecule has 0 bridgehead atoms. The molecule has 1 aromatic carbocycles. The fourth-order valence-corrected chi connectivity index (χ4v) is 2.56. The van der Waals surface area contributed by atoms with Crippen molar-refractivity contribution in [1.29, 1.82) is 0 Å². The van der Waals surface area contributed by atoms with Gasteiger partial charge in [0.1, 0.15) is 0 Å². The second kappa shape index (κ2) is 6.45. The van der Waals surface area contributed by atoms with Gasteiger partial charge in [0.2, 0.25) is 5.91 Å². The molecule has 0 atom stereocenters. The Bertz CT molecular complexity index is 387. The first kappa shape index (κ1) is 14.6. The van der Waals surface area contributed by atoms with Crippen LogP contribution in [0.1, 0.15) is 26.3 Å². The van der Waals surface area contributed by atoms with Crippen molar-refractivity contribution < 1.29 is 4.79 Å². The number of carbonyl (C=O) groups is 1. The Hall–Kier alpha value is -0.480. The lowest BCUT2D eigenvalue weighted by Crippen LogP contribution is -2.41. The van der Waals surface area contributed by atoms with E-state index in [0.29, 0.717) is 5.75 Å². The van der Waals surface area contributed by atoms with Crippen LogP contribution in [0.15, 0.2) is 28.7 Å². The lowest BCUT2D eigenvalue weighted by molar-refractivity contribution is -0.119. The molecule has 0 saturated heterocycles. The molecule has 17 heavy (non-hydrogen) atoms. The molecule has 94 valence electrons. The molecule has 0 radical (unpaired) electrons. The average molecular weight is 316 g/mol. The van der Waals surface area contributed by atoms with E-state index in [2.05, 4.69) is 33.4 Å². The maximum atomic E-state index is 11.6. The van der Waals surface area contributed by atoms with Crippen LogP contribution >= 0.6 is 27.7 Å². The lowest BCUT2D eigenvalue weighted by atomic mass is 10.1. The van der Waals surface area contributed by atoms with Gasteiger partial charge in [-0.3, -0.25) is 4.79 Å². The monoisotopic (exact) mass is 315 g/mol. The van der Waals surface area contributed by atoms with Gasteiger partial charge >= 0.3 is 0 Å². The average Bonchev–Trinajstić information content (AvgIpc) is 2.14. The van der Waals surface area contributed by atoms with Gasteiger partial charge in [-0.15, -0.1) is 11.8 Å². The Kier molecular flexibility index (Phi) is 5.53. The van der Waals surface area contributed by atoms with Gasteiger partial charge in [0.25, 0.3) is 0 Å². The molecular weight excluding hydrogens is 298 g/mol. The minimum Gasteiger partial charge on any atom is -0.351 e. The molecule has 0 aliphatic carbocycles. The van der Waals surface area contributed by atoms with Crippen molar-refractivity contribution in [2.24, 2.45) is 0 Å². The minimum absolute atomic E-state index is 0.0949. The summed E-state index contributed by atoms with van der Waals surface area (Å²) in [7, 11) is 0. The number of rotatable bonds is 4. The van der Waals surface area contributed by atoms with Gasteiger partial charge in [-0.1, -0.05) is 28.1 Å². The number of hydrogen-bond donors (Lipinski definition) is 1. The zero-order chi connectivity index (χ0) is 12.9. The summed E-state index contributed by atoms with van der Waals surface area (Å²) < 4.78 is 1.08. The van der Waals surface area contributed by atoms with Crippen molar-refractivity contribution in [3.05, 3.63) is 34.3 Å². The van der Waals surface area contributed by atoms with Crippen molar-refractivity contribution in [3.8, 4) is 0 Å². The van der Waals surface area contributed by atoms with Crippen LogP contribution in [-0.2, 0) is 10.5 Å². The van der Waals surface area contributed by atoms with Crippen LogP contribution in [0.2, 0.25) is 0 Å². The van der Waals surface area contributed by atoms with E-state index in [0.717, 1.165) is 10.2 Å². The number of thioether (sulfide) groups is 1. The number of carbonyl (C=O) groups excluding carboxylic acids is 1. The van der Waals surface area contributed by atoms with Crippen molar-refractivity contribution in [2.45, 2.75) is 32.1 Å². The highest BCUT2D eigenvalue weighted by Crippen LogP contribution is 2.17. The molecule has 1 amide bonds. The van der Waals surface area contributed by atoms with Crippen LogP contribution in [0.25, 0.3) is 0 Å². The van der Waals surface area contributed by atoms with Crippen LogP contribution in [0.3, 0.4) is 0 Å². The molecule has 0 saturated carbocycles. The predicted molar refractivity (Wildman–Crippen MR) is 78.2 cm³/mol. The molecule has 0 unspecified atom stereocenters. The standard InChI is InChI=1S/C13H18BrNOS/c1-13(2,3)15-12(16)9-17-8-10-5-4-6-11(14)7-10/h4-7H,8-9H2,1-3H3,(H,15,16). The maximum Gasteiger partial charge on any atom is 0.230 e. The van der Waals surface area contributed by atoms with E-state index >= 15 is 0 Å². The smallest absolute Gasteiger partial charge is 0.230 e. The van der Waals surface area contributed by atoms with E-state index in [9.17, 15) is 4.79 Å². The summed E-state index contributed by atoms with van der Waals surface area (Å²) in [5.74, 6) is 1.46. The maximum absolute atomic E-state index is 11.6. The van der Waals surface area contributed by atoms with Crippen molar-refractivity contribution in [3.63, 3.8) is 0 Å². The zero-order valence-electron chi connectivity index (χ0n) is 10.4. The molecule has 0 aromatic heterocycles. The largest absolute Gasteiger partial charge is 0.351 e. The highest BCUT2D eigenvalue weighted by molar-refractivity contribution is 9.10. The van der Waals surface area contributed by atoms with Crippen molar-refractivity contribution in [1.82, 2.24) is 5.32 Å². The third-order valence-electron chi connectivity index (χ3n) is 1.91. The summed E-state index contributed by atoms with van der Waals surface area (Å²) in [6.07, 6.45) is 0. The van der Waals surface area contributed by atoms with Gasteiger partial charge < -0.3 is 5.32 Å². The number of amides is 1. The van der Waals surface area contributed by atoms with Crippen LogP contribution < -0.4 is 5.32 Å².